The SMILES string of the molecule is O=C(Cc1ccccc1)C[C@@H]1C(=O)N2C(C(=O)OC(c3ccccc3)c3ccccc3)=C(CI)CS[C@H]12. The number of Topliss-reactive ketones (excluding diaryl/α,β-unsaturated/α-hetero) is 1. The fourth-order valence-electron chi connectivity index (χ4n) is 4.80. The number of thioether (sulfide) groups is 1. The van der Waals surface area contributed by atoms with Gasteiger partial charge < -0.3 is 4.74 Å². The monoisotopic (exact) mass is 623 g/mol. The smallest absolute Gasteiger partial charge is 0.356 e. The zero-order valence-electron chi connectivity index (χ0n) is 20.1. The quantitative estimate of drug-likeness (QED) is 0.132. The molecule has 1 fully saturated rings. The highest BCUT2D eigenvalue weighted by atomic mass is 127. The number of fused-ring (bicyclic) bond motifs is 1. The molecule has 7 heteroatoms. The summed E-state index contributed by atoms with van der Waals surface area (Å²) < 4.78 is 6.74. The van der Waals surface area contributed by atoms with Gasteiger partial charge in [0.1, 0.15) is 11.5 Å². The highest BCUT2D eigenvalue weighted by Gasteiger charge is 2.54. The zero-order chi connectivity index (χ0) is 25.8. The van der Waals surface area contributed by atoms with Crippen LogP contribution in [0.2, 0.25) is 0 Å². The molecule has 37 heavy (non-hydrogen) atoms. The fourth-order valence-corrected chi connectivity index (χ4v) is 7.21. The highest BCUT2D eigenvalue weighted by molar-refractivity contribution is 14.1. The van der Waals surface area contributed by atoms with Crippen LogP contribution in [0.4, 0.5) is 0 Å². The number of ketones is 1. The van der Waals surface area contributed by atoms with Crippen molar-refractivity contribution in [3.63, 3.8) is 0 Å². The first-order valence-electron chi connectivity index (χ1n) is 12.2. The first kappa shape index (κ1) is 25.7. The van der Waals surface area contributed by atoms with Crippen molar-refractivity contribution in [2.45, 2.75) is 24.3 Å². The van der Waals surface area contributed by atoms with Crippen LogP contribution in [0, 0.1) is 5.92 Å². The molecule has 0 spiro atoms. The van der Waals surface area contributed by atoms with Gasteiger partial charge in [-0.15, -0.1) is 11.8 Å². The molecule has 3 aromatic carbocycles. The summed E-state index contributed by atoms with van der Waals surface area (Å²) in [6.45, 7) is 0. The average molecular weight is 624 g/mol. The molecule has 2 aliphatic heterocycles. The number of halogens is 1. The average Bonchev–Trinajstić information content (AvgIpc) is 2.95. The molecule has 2 heterocycles. The van der Waals surface area contributed by atoms with Gasteiger partial charge in [-0.3, -0.25) is 14.5 Å². The molecule has 5 rings (SSSR count). The molecule has 2 aliphatic rings. The predicted molar refractivity (Wildman–Crippen MR) is 153 cm³/mol. The second-order valence-corrected chi connectivity index (χ2v) is 11.0. The second kappa shape index (κ2) is 11.6. The molecule has 0 radical (unpaired) electrons. The van der Waals surface area contributed by atoms with E-state index in [1.807, 2.05) is 91.0 Å². The van der Waals surface area contributed by atoms with Crippen molar-refractivity contribution in [3.05, 3.63) is 119 Å². The van der Waals surface area contributed by atoms with Gasteiger partial charge in [-0.25, -0.2) is 4.79 Å². The van der Waals surface area contributed by atoms with Gasteiger partial charge in [0.2, 0.25) is 5.91 Å². The van der Waals surface area contributed by atoms with Crippen molar-refractivity contribution in [2.75, 3.05) is 10.2 Å². The molecule has 0 N–H and O–H groups in total. The molecule has 0 aliphatic carbocycles. The maximum atomic E-state index is 13.7. The summed E-state index contributed by atoms with van der Waals surface area (Å²) in [5.74, 6) is -0.433. The van der Waals surface area contributed by atoms with Crippen LogP contribution < -0.4 is 0 Å². The number of carbonyl (C=O) groups excluding carboxylic acids is 3. The maximum Gasteiger partial charge on any atom is 0.356 e. The second-order valence-electron chi connectivity index (χ2n) is 9.11. The molecule has 0 bridgehead atoms. The van der Waals surface area contributed by atoms with Crippen LogP contribution in [0.5, 0.6) is 0 Å². The van der Waals surface area contributed by atoms with Gasteiger partial charge in [0.05, 0.1) is 11.3 Å². The van der Waals surface area contributed by atoms with Gasteiger partial charge in [0.25, 0.3) is 0 Å². The third-order valence-corrected chi connectivity index (χ3v) is 8.95. The lowest BCUT2D eigenvalue weighted by atomic mass is 9.89. The molecule has 1 saturated heterocycles. The number of esters is 1. The molecule has 188 valence electrons. The topological polar surface area (TPSA) is 63.7 Å². The molecular formula is C30H26INO4S. The Hall–Kier alpha value is -2.91. The van der Waals surface area contributed by atoms with Crippen LogP contribution in [-0.2, 0) is 25.5 Å². The number of carbonyl (C=O) groups is 3. The Balaban J connectivity index is 1.35. The van der Waals surface area contributed by atoms with Crippen molar-refractivity contribution in [1.82, 2.24) is 4.90 Å². The molecule has 3 aromatic rings. The Morgan fingerprint density at radius 1 is 0.919 bits per heavy atom. The number of amides is 1. The summed E-state index contributed by atoms with van der Waals surface area (Å²) >= 11 is 3.85. The first-order chi connectivity index (χ1) is 18.1. The largest absolute Gasteiger partial charge is 0.448 e. The minimum atomic E-state index is -0.592. The summed E-state index contributed by atoms with van der Waals surface area (Å²) in [4.78, 5) is 41.3. The number of benzene rings is 3. The highest BCUT2D eigenvalue weighted by Crippen LogP contribution is 2.46. The predicted octanol–water partition coefficient (Wildman–Crippen LogP) is 5.74. The van der Waals surface area contributed by atoms with Gasteiger partial charge in [-0.2, -0.15) is 0 Å². The molecular weight excluding hydrogens is 597 g/mol. The summed E-state index contributed by atoms with van der Waals surface area (Å²) in [5, 5.41) is -0.228. The molecule has 2 atom stereocenters. The Kier molecular flexibility index (Phi) is 8.10. The Bertz CT molecular complexity index is 1270. The number of ether oxygens (including phenoxy) is 1. The van der Waals surface area contributed by atoms with E-state index in [9.17, 15) is 14.4 Å². The Morgan fingerprint density at radius 2 is 1.49 bits per heavy atom. The third-order valence-electron chi connectivity index (χ3n) is 6.63. The molecule has 1 amide bonds. The van der Waals surface area contributed by atoms with Crippen LogP contribution in [0.1, 0.15) is 29.2 Å². The van der Waals surface area contributed by atoms with Crippen molar-refractivity contribution >= 4 is 52.0 Å². The normalized spacial score (nSPS) is 18.9. The van der Waals surface area contributed by atoms with E-state index in [4.69, 9.17) is 4.74 Å². The van der Waals surface area contributed by atoms with E-state index in [-0.39, 0.29) is 23.5 Å². The van der Waals surface area contributed by atoms with E-state index in [0.29, 0.717) is 22.3 Å². The van der Waals surface area contributed by atoms with Crippen molar-refractivity contribution in [1.29, 1.82) is 0 Å². The lowest BCUT2D eigenvalue weighted by molar-refractivity contribution is -0.157. The van der Waals surface area contributed by atoms with E-state index in [1.54, 1.807) is 16.7 Å². The summed E-state index contributed by atoms with van der Waals surface area (Å²) in [7, 11) is 0. The van der Waals surface area contributed by atoms with Gasteiger partial charge in [-0.05, 0) is 22.3 Å². The number of β-lactam (4-membered cyclic amide) rings is 1. The minimum absolute atomic E-state index is 0.0332. The van der Waals surface area contributed by atoms with Crippen LogP contribution in [0.3, 0.4) is 0 Å². The van der Waals surface area contributed by atoms with Crippen molar-refractivity contribution in [2.24, 2.45) is 5.92 Å². The van der Waals surface area contributed by atoms with Crippen LogP contribution >= 0.6 is 34.4 Å². The zero-order valence-corrected chi connectivity index (χ0v) is 23.1. The van der Waals surface area contributed by atoms with E-state index < -0.39 is 18.0 Å². The van der Waals surface area contributed by atoms with Gasteiger partial charge in [0, 0.05) is 23.0 Å². The minimum Gasteiger partial charge on any atom is -0.448 e. The lowest BCUT2D eigenvalue weighted by Crippen LogP contribution is -2.62. The van der Waals surface area contributed by atoms with Crippen molar-refractivity contribution < 1.29 is 19.1 Å². The summed E-state index contributed by atoms with van der Waals surface area (Å²) in [6, 6.07) is 28.8. The summed E-state index contributed by atoms with van der Waals surface area (Å²) in [5.41, 5.74) is 3.89. The molecule has 0 saturated carbocycles. The van der Waals surface area contributed by atoms with Crippen LogP contribution in [0.25, 0.3) is 0 Å². The van der Waals surface area contributed by atoms with Gasteiger partial charge >= 0.3 is 5.97 Å². The molecule has 0 aromatic heterocycles. The third kappa shape index (κ3) is 5.52. The first-order valence-corrected chi connectivity index (χ1v) is 14.7. The number of hydrogen-bond donors (Lipinski definition) is 0. The van der Waals surface area contributed by atoms with E-state index in [1.165, 1.54) is 0 Å². The molecule has 0 unspecified atom stereocenters. The van der Waals surface area contributed by atoms with Crippen molar-refractivity contribution in [3.8, 4) is 0 Å². The number of hydrogen-bond acceptors (Lipinski definition) is 5. The number of alkyl halides is 1. The molecule has 5 nitrogen and oxygen atoms in total. The standard InChI is InChI=1S/C30H26INO4S/c31-18-23-19-37-29-25(17-24(33)16-20-10-4-1-5-11-20)28(34)32(29)26(23)30(35)36-27(21-12-6-2-7-13-21)22-14-8-3-9-15-22/h1-15,25,27,29H,16-19H2/t25-,29-/m1/s1. The number of nitrogens with zero attached hydrogens (tertiary/aromatic N) is 1. The van der Waals surface area contributed by atoms with Gasteiger partial charge in [0.15, 0.2) is 6.10 Å². The Morgan fingerprint density at radius 3 is 2.05 bits per heavy atom. The van der Waals surface area contributed by atoms with E-state index in [2.05, 4.69) is 22.6 Å². The van der Waals surface area contributed by atoms with Crippen LogP contribution in [0.15, 0.2) is 102 Å². The lowest BCUT2D eigenvalue weighted by Gasteiger charge is -2.49. The fraction of sp³-hybridized carbons (Fsp3) is 0.233. The van der Waals surface area contributed by atoms with Gasteiger partial charge in [-0.1, -0.05) is 114 Å². The van der Waals surface area contributed by atoms with Crippen LogP contribution in [-0.4, -0.2) is 38.1 Å². The summed E-state index contributed by atoms with van der Waals surface area (Å²) in [6.07, 6.45) is -0.104. The van der Waals surface area contributed by atoms with E-state index >= 15 is 0 Å². The number of rotatable bonds is 9. The van der Waals surface area contributed by atoms with E-state index in [0.717, 1.165) is 22.3 Å². The Labute approximate surface area is 234 Å². The maximum absolute atomic E-state index is 13.7.